The van der Waals surface area contributed by atoms with E-state index >= 15 is 0 Å². The molecule has 0 saturated carbocycles. The molecule has 0 unspecified atom stereocenters. The van der Waals surface area contributed by atoms with E-state index in [4.69, 9.17) is 9.84 Å². The minimum absolute atomic E-state index is 0.266. The average molecular weight is 345 g/mol. The molecule has 4 nitrogen and oxygen atoms in total. The van der Waals surface area contributed by atoms with Crippen molar-refractivity contribution in [2.45, 2.75) is 13.2 Å². The summed E-state index contributed by atoms with van der Waals surface area (Å²) in [7, 11) is 0. The third-order valence-electron chi connectivity index (χ3n) is 3.86. The van der Waals surface area contributed by atoms with Crippen molar-refractivity contribution >= 4 is 12.2 Å². The fourth-order valence-corrected chi connectivity index (χ4v) is 2.46. The lowest BCUT2D eigenvalue weighted by Gasteiger charge is -2.09. The molecule has 0 amide bonds. The number of benzene rings is 3. The van der Waals surface area contributed by atoms with Crippen LogP contribution in [0.3, 0.4) is 0 Å². The lowest BCUT2D eigenvalue weighted by Crippen LogP contribution is -2.00. The number of hydrogen-bond donors (Lipinski definition) is 1. The van der Waals surface area contributed by atoms with Crippen LogP contribution in [0.15, 0.2) is 83.9 Å². The summed E-state index contributed by atoms with van der Waals surface area (Å²) in [4.78, 5) is 15.4. The first-order valence-corrected chi connectivity index (χ1v) is 8.30. The van der Waals surface area contributed by atoms with Gasteiger partial charge < -0.3 is 9.84 Å². The van der Waals surface area contributed by atoms with Gasteiger partial charge in [0.05, 0.1) is 12.1 Å². The van der Waals surface area contributed by atoms with Gasteiger partial charge in [-0.15, -0.1) is 0 Å². The Morgan fingerprint density at radius 2 is 1.58 bits per heavy atom. The topological polar surface area (TPSA) is 58.9 Å². The molecule has 0 aromatic heterocycles. The van der Waals surface area contributed by atoms with Crippen LogP contribution in [0.4, 0.5) is 0 Å². The van der Waals surface area contributed by atoms with Gasteiger partial charge in [-0.2, -0.15) is 0 Å². The molecule has 0 spiro atoms. The van der Waals surface area contributed by atoms with E-state index in [2.05, 4.69) is 4.99 Å². The van der Waals surface area contributed by atoms with Crippen LogP contribution >= 0.6 is 0 Å². The van der Waals surface area contributed by atoms with Gasteiger partial charge in [0.1, 0.15) is 12.4 Å². The zero-order valence-electron chi connectivity index (χ0n) is 14.2. The second kappa shape index (κ2) is 8.62. The lowest BCUT2D eigenvalue weighted by molar-refractivity contribution is 0.0697. The molecule has 130 valence electrons. The number of ether oxygens (including phenoxy) is 1. The number of para-hydroxylation sites is 1. The number of nitrogens with zero attached hydrogens (tertiary/aromatic N) is 1. The minimum Gasteiger partial charge on any atom is -0.488 e. The van der Waals surface area contributed by atoms with Crippen LogP contribution in [0.2, 0.25) is 0 Å². The monoisotopic (exact) mass is 345 g/mol. The Hall–Kier alpha value is -3.40. The fraction of sp³-hybridized carbons (Fsp3) is 0.0909. The highest BCUT2D eigenvalue weighted by atomic mass is 16.5. The van der Waals surface area contributed by atoms with E-state index in [1.807, 2.05) is 60.8 Å². The molecule has 0 bridgehead atoms. The summed E-state index contributed by atoms with van der Waals surface area (Å²) < 4.78 is 5.89. The summed E-state index contributed by atoms with van der Waals surface area (Å²) in [5.41, 5.74) is 3.24. The van der Waals surface area contributed by atoms with E-state index in [0.717, 1.165) is 22.4 Å². The van der Waals surface area contributed by atoms with Crippen LogP contribution < -0.4 is 4.74 Å². The van der Waals surface area contributed by atoms with Crippen LogP contribution in [-0.2, 0) is 13.2 Å². The summed E-state index contributed by atoms with van der Waals surface area (Å²) in [5.74, 6) is -0.191. The normalized spacial score (nSPS) is 10.8. The van der Waals surface area contributed by atoms with Gasteiger partial charge >= 0.3 is 5.97 Å². The maximum atomic E-state index is 10.9. The van der Waals surface area contributed by atoms with Gasteiger partial charge in [-0.1, -0.05) is 54.6 Å². The van der Waals surface area contributed by atoms with Crippen LogP contribution in [0.5, 0.6) is 5.75 Å². The summed E-state index contributed by atoms with van der Waals surface area (Å²) in [6, 6.07) is 24.5. The first kappa shape index (κ1) is 17.4. The number of aliphatic imine (C=N–C) groups is 1. The maximum Gasteiger partial charge on any atom is 0.335 e. The SMILES string of the molecule is O=C(O)c1ccc(COc2ccccc2C=NCc2ccccc2)cc1. The molecule has 0 aliphatic heterocycles. The molecule has 26 heavy (non-hydrogen) atoms. The molecule has 0 radical (unpaired) electrons. The molecule has 4 heteroatoms. The fourth-order valence-electron chi connectivity index (χ4n) is 2.46. The second-order valence-corrected chi connectivity index (χ2v) is 5.78. The summed E-state index contributed by atoms with van der Waals surface area (Å²) in [5, 5.41) is 8.94. The first-order valence-electron chi connectivity index (χ1n) is 8.30. The van der Waals surface area contributed by atoms with Crippen molar-refractivity contribution in [1.29, 1.82) is 0 Å². The van der Waals surface area contributed by atoms with E-state index in [1.54, 1.807) is 24.3 Å². The molecule has 0 saturated heterocycles. The number of rotatable bonds is 7. The standard InChI is InChI=1S/C22H19NO3/c24-22(25)19-12-10-18(11-13-19)16-26-21-9-5-4-8-20(21)15-23-14-17-6-2-1-3-7-17/h1-13,15H,14,16H2,(H,24,25). The molecule has 1 N–H and O–H groups in total. The lowest BCUT2D eigenvalue weighted by atomic mass is 10.1. The summed E-state index contributed by atoms with van der Waals surface area (Å²) in [6.07, 6.45) is 1.82. The van der Waals surface area contributed by atoms with Gasteiger partial charge in [-0.05, 0) is 35.4 Å². The van der Waals surface area contributed by atoms with Crippen molar-refractivity contribution in [2.24, 2.45) is 4.99 Å². The Balaban J connectivity index is 1.64. The molecule has 3 aromatic rings. The summed E-state index contributed by atoms with van der Waals surface area (Å²) >= 11 is 0. The Morgan fingerprint density at radius 1 is 0.885 bits per heavy atom. The smallest absolute Gasteiger partial charge is 0.335 e. The number of carboxylic acid groups (broad SMARTS) is 1. The first-order chi connectivity index (χ1) is 12.7. The number of carbonyl (C=O) groups is 1. The van der Waals surface area contributed by atoms with Gasteiger partial charge in [0.25, 0.3) is 0 Å². The second-order valence-electron chi connectivity index (χ2n) is 5.78. The number of carboxylic acids is 1. The summed E-state index contributed by atoms with van der Waals surface area (Å²) in [6.45, 7) is 0.981. The van der Waals surface area contributed by atoms with Crippen LogP contribution in [0.1, 0.15) is 27.0 Å². The highest BCUT2D eigenvalue weighted by molar-refractivity contribution is 5.87. The third kappa shape index (κ3) is 4.80. The van der Waals surface area contributed by atoms with Crippen LogP contribution in [-0.4, -0.2) is 17.3 Å². The van der Waals surface area contributed by atoms with Crippen molar-refractivity contribution in [3.05, 3.63) is 101 Å². The number of hydrogen-bond acceptors (Lipinski definition) is 3. The van der Waals surface area contributed by atoms with Crippen molar-refractivity contribution < 1.29 is 14.6 Å². The molecule has 0 heterocycles. The quantitative estimate of drug-likeness (QED) is 0.638. The van der Waals surface area contributed by atoms with Crippen molar-refractivity contribution in [1.82, 2.24) is 0 Å². The van der Waals surface area contributed by atoms with Crippen molar-refractivity contribution in [3.63, 3.8) is 0 Å². The molecule has 0 atom stereocenters. The average Bonchev–Trinajstić information content (AvgIpc) is 2.68. The van der Waals surface area contributed by atoms with Crippen LogP contribution in [0, 0.1) is 0 Å². The Kier molecular flexibility index (Phi) is 5.78. The van der Waals surface area contributed by atoms with E-state index in [9.17, 15) is 4.79 Å². The van der Waals surface area contributed by atoms with Gasteiger partial charge in [0.2, 0.25) is 0 Å². The van der Waals surface area contributed by atoms with E-state index < -0.39 is 5.97 Å². The molecule has 0 aliphatic carbocycles. The highest BCUT2D eigenvalue weighted by Gasteiger charge is 2.04. The van der Waals surface area contributed by atoms with E-state index in [1.165, 1.54) is 0 Å². The zero-order chi connectivity index (χ0) is 18.2. The molecular weight excluding hydrogens is 326 g/mol. The molecular formula is C22H19NO3. The van der Waals surface area contributed by atoms with Gasteiger partial charge in [-0.25, -0.2) is 4.79 Å². The molecule has 0 aliphatic rings. The highest BCUT2D eigenvalue weighted by Crippen LogP contribution is 2.18. The van der Waals surface area contributed by atoms with Gasteiger partial charge in [-0.3, -0.25) is 4.99 Å². The minimum atomic E-state index is -0.933. The van der Waals surface area contributed by atoms with E-state index in [-0.39, 0.29) is 5.56 Å². The zero-order valence-corrected chi connectivity index (χ0v) is 14.2. The Morgan fingerprint density at radius 3 is 2.31 bits per heavy atom. The van der Waals surface area contributed by atoms with Gasteiger partial charge in [0, 0.05) is 11.8 Å². The largest absolute Gasteiger partial charge is 0.488 e. The predicted octanol–water partition coefficient (Wildman–Crippen LogP) is 4.58. The van der Waals surface area contributed by atoms with Crippen molar-refractivity contribution in [3.8, 4) is 5.75 Å². The van der Waals surface area contributed by atoms with E-state index in [0.29, 0.717) is 13.2 Å². The molecule has 0 fully saturated rings. The number of aromatic carboxylic acids is 1. The predicted molar refractivity (Wildman–Crippen MR) is 102 cm³/mol. The molecule has 3 rings (SSSR count). The van der Waals surface area contributed by atoms with Crippen molar-refractivity contribution in [2.75, 3.05) is 0 Å². The molecule has 3 aromatic carbocycles. The Labute approximate surface area is 152 Å². The maximum absolute atomic E-state index is 10.9. The van der Waals surface area contributed by atoms with Gasteiger partial charge in [0.15, 0.2) is 0 Å². The third-order valence-corrected chi connectivity index (χ3v) is 3.86. The van der Waals surface area contributed by atoms with Crippen LogP contribution in [0.25, 0.3) is 0 Å². The Bertz CT molecular complexity index is 887.